The van der Waals surface area contributed by atoms with Crippen molar-refractivity contribution in [2.75, 3.05) is 32.7 Å². The third kappa shape index (κ3) is 5.75. The Morgan fingerprint density at radius 3 is 2.41 bits per heavy atom. The van der Waals surface area contributed by atoms with Crippen LogP contribution in [0, 0.1) is 17.0 Å². The van der Waals surface area contributed by atoms with Gasteiger partial charge >= 0.3 is 0 Å². The maximum absolute atomic E-state index is 12.8. The van der Waals surface area contributed by atoms with E-state index < -0.39 is 14.9 Å². The summed E-state index contributed by atoms with van der Waals surface area (Å²) in [6, 6.07) is 12.7. The van der Waals surface area contributed by atoms with Gasteiger partial charge in [-0.3, -0.25) is 19.8 Å². The molecule has 1 aliphatic heterocycles. The van der Waals surface area contributed by atoms with Gasteiger partial charge in [0.15, 0.2) is 0 Å². The highest BCUT2D eigenvalue weighted by molar-refractivity contribution is 7.89. The van der Waals surface area contributed by atoms with Crippen molar-refractivity contribution >= 4 is 27.3 Å². The van der Waals surface area contributed by atoms with Gasteiger partial charge in [0.2, 0.25) is 10.0 Å². The van der Waals surface area contributed by atoms with Gasteiger partial charge in [-0.2, -0.15) is 9.41 Å². The van der Waals surface area contributed by atoms with E-state index in [9.17, 15) is 23.3 Å². The molecule has 0 radical (unpaired) electrons. The number of nitrogens with zero attached hydrogens (tertiary/aromatic N) is 4. The summed E-state index contributed by atoms with van der Waals surface area (Å²) in [7, 11) is -3.56. The summed E-state index contributed by atoms with van der Waals surface area (Å²) >= 11 is 0. The van der Waals surface area contributed by atoms with Crippen LogP contribution in [-0.4, -0.2) is 66.9 Å². The molecule has 1 aliphatic rings. The number of hydrogen-bond acceptors (Lipinski definition) is 7. The molecule has 0 aromatic heterocycles. The Hall–Kier alpha value is -3.15. The fourth-order valence-electron chi connectivity index (χ4n) is 3.28. The molecule has 1 saturated heterocycles. The number of amides is 1. The Bertz CT molecular complexity index is 1120. The van der Waals surface area contributed by atoms with Gasteiger partial charge in [0.1, 0.15) is 0 Å². The van der Waals surface area contributed by atoms with Crippen LogP contribution < -0.4 is 5.43 Å². The normalized spacial score (nSPS) is 16.0. The Balaban J connectivity index is 1.52. The summed E-state index contributed by atoms with van der Waals surface area (Å²) in [6.45, 7) is 5.05. The van der Waals surface area contributed by atoms with Crippen LogP contribution in [0.1, 0.15) is 18.1 Å². The molecule has 170 valence electrons. The number of aryl methyl sites for hydroxylation is 1. The number of benzene rings is 2. The second-order valence-electron chi connectivity index (χ2n) is 7.53. The minimum atomic E-state index is -3.56. The first-order valence-electron chi connectivity index (χ1n) is 10.0. The Morgan fingerprint density at radius 1 is 1.12 bits per heavy atom. The zero-order valence-corrected chi connectivity index (χ0v) is 18.7. The number of hydrazone groups is 1. The van der Waals surface area contributed by atoms with Gasteiger partial charge in [0.25, 0.3) is 11.6 Å². The molecule has 0 saturated carbocycles. The van der Waals surface area contributed by atoms with Crippen molar-refractivity contribution in [3.63, 3.8) is 0 Å². The predicted octanol–water partition coefficient (Wildman–Crippen LogP) is 1.75. The first kappa shape index (κ1) is 23.5. The maximum Gasteiger partial charge on any atom is 0.270 e. The van der Waals surface area contributed by atoms with Crippen molar-refractivity contribution in [2.45, 2.75) is 18.7 Å². The highest BCUT2D eigenvalue weighted by Crippen LogP contribution is 2.18. The monoisotopic (exact) mass is 459 g/mol. The molecule has 1 amide bonds. The molecule has 10 nitrogen and oxygen atoms in total. The van der Waals surface area contributed by atoms with Crippen molar-refractivity contribution in [3.05, 3.63) is 69.8 Å². The molecule has 0 unspecified atom stereocenters. The zero-order chi connectivity index (χ0) is 23.3. The van der Waals surface area contributed by atoms with Gasteiger partial charge in [-0.25, -0.2) is 13.8 Å². The van der Waals surface area contributed by atoms with Crippen LogP contribution in [0.4, 0.5) is 5.69 Å². The molecule has 2 aromatic rings. The number of carbonyl (C=O) groups excluding carboxylic acids is 1. The van der Waals surface area contributed by atoms with Gasteiger partial charge < -0.3 is 0 Å². The summed E-state index contributed by atoms with van der Waals surface area (Å²) in [6.07, 6.45) is 0. The lowest BCUT2D eigenvalue weighted by atomic mass is 10.1. The number of nitro benzene ring substituents is 1. The van der Waals surface area contributed by atoms with Crippen LogP contribution in [0.25, 0.3) is 0 Å². The molecule has 1 fully saturated rings. The standard InChI is InChI=1S/C21H25N5O5S/c1-16-6-8-20(9-7-16)32(30,31)25-12-10-24(11-13-25)15-21(27)23-22-17(2)18-4-3-5-19(14-18)26(28)29/h3-9,14H,10-13,15H2,1-2H3,(H,23,27). The molecule has 1 heterocycles. The van der Waals surface area contributed by atoms with E-state index in [0.717, 1.165) is 5.56 Å². The number of sulfonamides is 1. The van der Waals surface area contributed by atoms with E-state index in [2.05, 4.69) is 10.5 Å². The number of carbonyl (C=O) groups is 1. The van der Waals surface area contributed by atoms with Crippen molar-refractivity contribution in [1.82, 2.24) is 14.6 Å². The maximum atomic E-state index is 12.8. The van der Waals surface area contributed by atoms with E-state index in [0.29, 0.717) is 37.5 Å². The minimum absolute atomic E-state index is 0.0539. The van der Waals surface area contributed by atoms with Crippen molar-refractivity contribution in [2.24, 2.45) is 5.10 Å². The Morgan fingerprint density at radius 2 is 1.78 bits per heavy atom. The van der Waals surface area contributed by atoms with Gasteiger partial charge in [0, 0.05) is 43.9 Å². The summed E-state index contributed by atoms with van der Waals surface area (Å²) in [4.78, 5) is 24.8. The minimum Gasteiger partial charge on any atom is -0.292 e. The highest BCUT2D eigenvalue weighted by Gasteiger charge is 2.29. The molecular formula is C21H25N5O5S. The molecular weight excluding hydrogens is 434 g/mol. The van der Waals surface area contributed by atoms with Crippen LogP contribution >= 0.6 is 0 Å². The first-order valence-corrected chi connectivity index (χ1v) is 11.5. The van der Waals surface area contributed by atoms with Crippen LogP contribution in [0.3, 0.4) is 0 Å². The van der Waals surface area contributed by atoms with Crippen molar-refractivity contribution in [1.29, 1.82) is 0 Å². The molecule has 0 aliphatic carbocycles. The number of hydrogen-bond donors (Lipinski definition) is 1. The van der Waals surface area contributed by atoms with Crippen molar-refractivity contribution < 1.29 is 18.1 Å². The van der Waals surface area contributed by atoms with Crippen LogP contribution in [-0.2, 0) is 14.8 Å². The van der Waals surface area contributed by atoms with E-state index in [1.54, 1.807) is 43.3 Å². The smallest absolute Gasteiger partial charge is 0.270 e. The molecule has 3 rings (SSSR count). The summed E-state index contributed by atoms with van der Waals surface area (Å²) in [5, 5.41) is 14.9. The average Bonchev–Trinajstić information content (AvgIpc) is 2.78. The lowest BCUT2D eigenvalue weighted by Crippen LogP contribution is -2.50. The number of nitro groups is 1. The fourth-order valence-corrected chi connectivity index (χ4v) is 4.70. The SMILES string of the molecule is CC(=NNC(=O)CN1CCN(S(=O)(=O)c2ccc(C)cc2)CC1)c1cccc([N+](=O)[O-])c1. The Labute approximate surface area is 186 Å². The summed E-state index contributed by atoms with van der Waals surface area (Å²) in [5.74, 6) is -0.343. The number of nitrogens with one attached hydrogen (secondary N) is 1. The molecule has 0 bridgehead atoms. The van der Waals surface area contributed by atoms with Crippen molar-refractivity contribution in [3.8, 4) is 0 Å². The topological polar surface area (TPSA) is 125 Å². The van der Waals surface area contributed by atoms with Crippen LogP contribution in [0.5, 0.6) is 0 Å². The van der Waals surface area contributed by atoms with Gasteiger partial charge in [0.05, 0.1) is 22.1 Å². The largest absolute Gasteiger partial charge is 0.292 e. The quantitative estimate of drug-likeness (QED) is 0.382. The first-order chi connectivity index (χ1) is 15.2. The zero-order valence-electron chi connectivity index (χ0n) is 17.9. The summed E-state index contributed by atoms with van der Waals surface area (Å²) in [5.41, 5.74) is 4.37. The number of rotatable bonds is 7. The van der Waals surface area contributed by atoms with E-state index in [1.807, 2.05) is 11.8 Å². The second kappa shape index (κ2) is 9.98. The van der Waals surface area contributed by atoms with Crippen LogP contribution in [0.15, 0.2) is 58.5 Å². The molecule has 0 atom stereocenters. The Kier molecular flexibility index (Phi) is 7.33. The molecule has 32 heavy (non-hydrogen) atoms. The molecule has 11 heteroatoms. The lowest BCUT2D eigenvalue weighted by Gasteiger charge is -2.33. The van der Waals surface area contributed by atoms with E-state index in [1.165, 1.54) is 16.4 Å². The molecule has 1 N–H and O–H groups in total. The number of piperazine rings is 1. The van der Waals surface area contributed by atoms with Gasteiger partial charge in [-0.1, -0.05) is 29.8 Å². The van der Waals surface area contributed by atoms with Gasteiger partial charge in [-0.15, -0.1) is 0 Å². The third-order valence-electron chi connectivity index (χ3n) is 5.18. The lowest BCUT2D eigenvalue weighted by molar-refractivity contribution is -0.384. The fraction of sp³-hybridized carbons (Fsp3) is 0.333. The van der Waals surface area contributed by atoms with E-state index in [4.69, 9.17) is 0 Å². The van der Waals surface area contributed by atoms with E-state index >= 15 is 0 Å². The van der Waals surface area contributed by atoms with Gasteiger partial charge in [-0.05, 0) is 26.0 Å². The number of non-ortho nitro benzene ring substituents is 1. The average molecular weight is 460 g/mol. The highest BCUT2D eigenvalue weighted by atomic mass is 32.2. The molecule has 0 spiro atoms. The molecule has 2 aromatic carbocycles. The predicted molar refractivity (Wildman–Crippen MR) is 120 cm³/mol. The second-order valence-corrected chi connectivity index (χ2v) is 9.47. The van der Waals surface area contributed by atoms with Crippen LogP contribution in [0.2, 0.25) is 0 Å². The van der Waals surface area contributed by atoms with E-state index in [-0.39, 0.29) is 23.0 Å². The summed E-state index contributed by atoms with van der Waals surface area (Å²) < 4.78 is 27.0. The third-order valence-corrected chi connectivity index (χ3v) is 7.09.